The quantitative estimate of drug-likeness (QED) is 0.548. The number of nitrogens with zero attached hydrogens (tertiary/aromatic N) is 6. The number of anilines is 1. The minimum absolute atomic E-state index is 0.780. The standard InChI is InChI=1S/C20H20N6S/c1-3-7-16(8-4-1)19-23-26-18(21-22-20(26)27-19)15-24-11-13-25(14-12-24)17-9-5-2-6-10-17/h1-10H,11-15H2. The predicted molar refractivity (Wildman–Crippen MR) is 108 cm³/mol. The first-order valence-electron chi connectivity index (χ1n) is 9.16. The van der Waals surface area contributed by atoms with Crippen molar-refractivity contribution >= 4 is 22.0 Å². The van der Waals surface area contributed by atoms with E-state index >= 15 is 0 Å². The molecule has 7 heteroatoms. The van der Waals surface area contributed by atoms with Crippen molar-refractivity contribution in [1.82, 2.24) is 24.7 Å². The van der Waals surface area contributed by atoms with Crippen molar-refractivity contribution in [2.45, 2.75) is 6.54 Å². The molecule has 1 fully saturated rings. The molecule has 3 heterocycles. The van der Waals surface area contributed by atoms with E-state index in [1.54, 1.807) is 11.3 Å². The van der Waals surface area contributed by atoms with Crippen LogP contribution in [0, 0.1) is 0 Å². The fraction of sp³-hybridized carbons (Fsp3) is 0.250. The summed E-state index contributed by atoms with van der Waals surface area (Å²) in [7, 11) is 0. The Morgan fingerprint density at radius 2 is 1.52 bits per heavy atom. The topological polar surface area (TPSA) is 49.6 Å². The number of fused-ring (bicyclic) bond motifs is 1. The minimum atomic E-state index is 0.780. The van der Waals surface area contributed by atoms with Crippen LogP contribution in [0.2, 0.25) is 0 Å². The highest BCUT2D eigenvalue weighted by Gasteiger charge is 2.20. The van der Waals surface area contributed by atoms with Crippen LogP contribution in [0.25, 0.3) is 15.5 Å². The van der Waals surface area contributed by atoms with Gasteiger partial charge in [0.2, 0.25) is 4.96 Å². The Morgan fingerprint density at radius 3 is 2.26 bits per heavy atom. The number of para-hydroxylation sites is 1. The summed E-state index contributed by atoms with van der Waals surface area (Å²) in [5, 5.41) is 14.4. The molecular weight excluding hydrogens is 356 g/mol. The molecule has 0 spiro atoms. The summed E-state index contributed by atoms with van der Waals surface area (Å²) in [5.74, 6) is 0.914. The Morgan fingerprint density at radius 1 is 0.815 bits per heavy atom. The van der Waals surface area contributed by atoms with Crippen molar-refractivity contribution in [2.24, 2.45) is 0 Å². The van der Waals surface area contributed by atoms with Crippen LogP contribution in [0.1, 0.15) is 5.82 Å². The SMILES string of the molecule is c1ccc(-c2nn3c(CN4CCN(c5ccccc5)CC4)nnc3s2)cc1. The smallest absolute Gasteiger partial charge is 0.235 e. The van der Waals surface area contributed by atoms with E-state index in [0.29, 0.717) is 0 Å². The zero-order valence-electron chi connectivity index (χ0n) is 14.9. The fourth-order valence-electron chi connectivity index (χ4n) is 3.46. The molecule has 4 aromatic rings. The average molecular weight is 376 g/mol. The van der Waals surface area contributed by atoms with Crippen LogP contribution in [-0.2, 0) is 6.54 Å². The lowest BCUT2D eigenvalue weighted by atomic mass is 10.2. The van der Waals surface area contributed by atoms with Crippen molar-refractivity contribution < 1.29 is 0 Å². The van der Waals surface area contributed by atoms with Gasteiger partial charge in [-0.1, -0.05) is 59.9 Å². The second-order valence-corrected chi connectivity index (χ2v) is 7.64. The average Bonchev–Trinajstić information content (AvgIpc) is 3.32. The molecule has 6 nitrogen and oxygen atoms in total. The number of benzene rings is 2. The van der Waals surface area contributed by atoms with Gasteiger partial charge < -0.3 is 4.90 Å². The molecule has 1 saturated heterocycles. The summed E-state index contributed by atoms with van der Waals surface area (Å²) in [6, 6.07) is 20.9. The molecule has 0 bridgehead atoms. The molecule has 136 valence electrons. The van der Waals surface area contributed by atoms with E-state index in [9.17, 15) is 0 Å². The van der Waals surface area contributed by atoms with Gasteiger partial charge in [-0.25, -0.2) is 0 Å². The molecule has 5 rings (SSSR count). The second-order valence-electron chi connectivity index (χ2n) is 6.68. The Balaban J connectivity index is 1.29. The van der Waals surface area contributed by atoms with E-state index in [1.807, 2.05) is 22.7 Å². The highest BCUT2D eigenvalue weighted by Crippen LogP contribution is 2.25. The van der Waals surface area contributed by atoms with Gasteiger partial charge in [0.05, 0.1) is 6.54 Å². The monoisotopic (exact) mass is 376 g/mol. The van der Waals surface area contributed by atoms with Crippen LogP contribution in [-0.4, -0.2) is 50.9 Å². The largest absolute Gasteiger partial charge is 0.369 e. The Hall–Kier alpha value is -2.77. The maximum atomic E-state index is 4.74. The minimum Gasteiger partial charge on any atom is -0.369 e. The van der Waals surface area contributed by atoms with Gasteiger partial charge >= 0.3 is 0 Å². The molecule has 1 aliphatic heterocycles. The van der Waals surface area contributed by atoms with Gasteiger partial charge in [0.25, 0.3) is 0 Å². The highest BCUT2D eigenvalue weighted by atomic mass is 32.1. The van der Waals surface area contributed by atoms with Gasteiger partial charge in [0.1, 0.15) is 5.01 Å². The van der Waals surface area contributed by atoms with Crippen molar-refractivity contribution in [2.75, 3.05) is 31.1 Å². The summed E-state index contributed by atoms with van der Waals surface area (Å²) < 4.78 is 1.90. The fourth-order valence-corrected chi connectivity index (χ4v) is 4.32. The maximum absolute atomic E-state index is 4.74. The summed E-state index contributed by atoms with van der Waals surface area (Å²) in [4.78, 5) is 5.72. The summed E-state index contributed by atoms with van der Waals surface area (Å²) >= 11 is 1.58. The molecule has 0 aliphatic carbocycles. The van der Waals surface area contributed by atoms with Crippen LogP contribution < -0.4 is 4.90 Å². The van der Waals surface area contributed by atoms with Gasteiger partial charge in [0, 0.05) is 37.4 Å². The van der Waals surface area contributed by atoms with Crippen molar-refractivity contribution in [3.63, 3.8) is 0 Å². The van der Waals surface area contributed by atoms with Crippen LogP contribution in [0.5, 0.6) is 0 Å². The Kier molecular flexibility index (Phi) is 4.31. The number of hydrogen-bond acceptors (Lipinski definition) is 6. The molecule has 27 heavy (non-hydrogen) atoms. The summed E-state index contributed by atoms with van der Waals surface area (Å²) in [5.41, 5.74) is 2.42. The lowest BCUT2D eigenvalue weighted by Gasteiger charge is -2.35. The van der Waals surface area contributed by atoms with Gasteiger partial charge in [-0.15, -0.1) is 10.2 Å². The van der Waals surface area contributed by atoms with Gasteiger partial charge in [-0.3, -0.25) is 4.90 Å². The molecule has 0 radical (unpaired) electrons. The third kappa shape index (κ3) is 3.31. The predicted octanol–water partition coefficient (Wildman–Crippen LogP) is 3.18. The normalized spacial score (nSPS) is 15.5. The molecule has 0 saturated carbocycles. The number of aromatic nitrogens is 4. The molecule has 0 amide bonds. The van der Waals surface area contributed by atoms with Gasteiger partial charge in [-0.2, -0.15) is 9.61 Å². The number of hydrogen-bond donors (Lipinski definition) is 0. The molecule has 0 unspecified atom stereocenters. The van der Waals surface area contributed by atoms with E-state index in [-0.39, 0.29) is 0 Å². The Bertz CT molecular complexity index is 1020. The lowest BCUT2D eigenvalue weighted by Crippen LogP contribution is -2.46. The van der Waals surface area contributed by atoms with Crippen molar-refractivity contribution in [3.8, 4) is 10.6 Å². The molecule has 2 aromatic carbocycles. The summed E-state index contributed by atoms with van der Waals surface area (Å²) in [6.07, 6.45) is 0. The lowest BCUT2D eigenvalue weighted by molar-refractivity contribution is 0.242. The van der Waals surface area contributed by atoms with E-state index in [0.717, 1.165) is 54.1 Å². The third-order valence-corrected chi connectivity index (χ3v) is 5.88. The first kappa shape index (κ1) is 16.4. The van der Waals surface area contributed by atoms with Crippen molar-refractivity contribution in [1.29, 1.82) is 0 Å². The maximum Gasteiger partial charge on any atom is 0.235 e. The number of rotatable bonds is 4. The van der Waals surface area contributed by atoms with Crippen LogP contribution in [0.3, 0.4) is 0 Å². The molecule has 2 aromatic heterocycles. The van der Waals surface area contributed by atoms with E-state index in [4.69, 9.17) is 5.10 Å². The number of piperazine rings is 1. The first-order valence-corrected chi connectivity index (χ1v) is 9.97. The zero-order valence-corrected chi connectivity index (χ0v) is 15.7. The van der Waals surface area contributed by atoms with Crippen LogP contribution in [0.4, 0.5) is 5.69 Å². The van der Waals surface area contributed by atoms with Gasteiger partial charge in [0.15, 0.2) is 5.82 Å². The van der Waals surface area contributed by atoms with Crippen LogP contribution in [0.15, 0.2) is 60.7 Å². The molecule has 1 aliphatic rings. The first-order chi connectivity index (χ1) is 13.4. The zero-order chi connectivity index (χ0) is 18.1. The van der Waals surface area contributed by atoms with Crippen LogP contribution >= 0.6 is 11.3 Å². The van der Waals surface area contributed by atoms with E-state index < -0.39 is 0 Å². The summed E-state index contributed by atoms with van der Waals surface area (Å²) in [6.45, 7) is 4.86. The van der Waals surface area contributed by atoms with E-state index in [2.05, 4.69) is 62.5 Å². The highest BCUT2D eigenvalue weighted by molar-refractivity contribution is 7.19. The van der Waals surface area contributed by atoms with Gasteiger partial charge in [-0.05, 0) is 12.1 Å². The molecular formula is C20H20N6S. The Labute approximate surface area is 161 Å². The van der Waals surface area contributed by atoms with Crippen molar-refractivity contribution in [3.05, 3.63) is 66.5 Å². The van der Waals surface area contributed by atoms with E-state index in [1.165, 1.54) is 5.69 Å². The molecule has 0 N–H and O–H groups in total. The molecule has 0 atom stereocenters. The second kappa shape index (κ2) is 7.09. The third-order valence-electron chi connectivity index (χ3n) is 4.93.